The van der Waals surface area contributed by atoms with E-state index in [1.54, 1.807) is 6.92 Å². The van der Waals surface area contributed by atoms with Gasteiger partial charge in [-0.2, -0.15) is 0 Å². The Morgan fingerprint density at radius 2 is 1.89 bits per heavy atom. The predicted octanol–water partition coefficient (Wildman–Crippen LogP) is 3.05. The zero-order valence-corrected chi connectivity index (χ0v) is 23.9. The molecule has 0 saturated carbocycles. The van der Waals surface area contributed by atoms with Crippen molar-refractivity contribution in [3.8, 4) is 0 Å². The first-order valence-corrected chi connectivity index (χ1v) is 14.1. The molecule has 0 spiro atoms. The van der Waals surface area contributed by atoms with E-state index in [4.69, 9.17) is 29.8 Å². The molecule has 12 nitrogen and oxygen atoms in total. The molecule has 13 heteroatoms. The molecule has 0 bridgehead atoms. The average Bonchev–Trinajstić information content (AvgIpc) is 3.20. The lowest BCUT2D eigenvalue weighted by Gasteiger charge is -2.38. The molecular formula is C25H40N5O7P. The number of hydrogen-bond donors (Lipinski definition) is 1. The summed E-state index contributed by atoms with van der Waals surface area (Å²) in [5.74, 6) is 0.416. The molecule has 38 heavy (non-hydrogen) atoms. The van der Waals surface area contributed by atoms with Gasteiger partial charge in [0.05, 0.1) is 19.3 Å². The van der Waals surface area contributed by atoms with E-state index in [9.17, 15) is 9.59 Å². The van der Waals surface area contributed by atoms with Crippen molar-refractivity contribution >= 4 is 8.53 Å². The number of aromatic amines is 1. The Morgan fingerprint density at radius 1 is 1.24 bits per heavy atom. The largest absolute Gasteiger partial charge is 0.469 e. The van der Waals surface area contributed by atoms with Crippen LogP contribution in [-0.4, -0.2) is 82.0 Å². The summed E-state index contributed by atoms with van der Waals surface area (Å²) in [6, 6.07) is 1.41. The highest BCUT2D eigenvalue weighted by Gasteiger charge is 2.51. The Morgan fingerprint density at radius 3 is 2.45 bits per heavy atom. The maximum absolute atomic E-state index is 12.8. The topological polar surface area (TPSA) is 112 Å². The van der Waals surface area contributed by atoms with Gasteiger partial charge in [0.2, 0.25) is 0 Å². The van der Waals surface area contributed by atoms with Crippen LogP contribution in [-0.2, 0) is 23.3 Å². The Kier molecular flexibility index (Phi) is 10.9. The van der Waals surface area contributed by atoms with E-state index in [0.29, 0.717) is 38.6 Å². The van der Waals surface area contributed by atoms with Crippen LogP contribution in [0, 0.1) is 6.57 Å². The molecule has 1 N–H and O–H groups in total. The molecule has 1 aromatic rings. The second-order valence-corrected chi connectivity index (χ2v) is 11.1. The molecule has 0 amide bonds. The quantitative estimate of drug-likeness (QED) is 0.237. The highest BCUT2D eigenvalue weighted by atomic mass is 31.2. The smallest absolute Gasteiger partial charge is 0.330 e. The zero-order valence-electron chi connectivity index (χ0n) is 23.0. The van der Waals surface area contributed by atoms with Gasteiger partial charge < -0.3 is 23.6 Å². The highest BCUT2D eigenvalue weighted by molar-refractivity contribution is 7.44. The predicted molar refractivity (Wildman–Crippen MR) is 143 cm³/mol. The molecule has 212 valence electrons. The van der Waals surface area contributed by atoms with Crippen molar-refractivity contribution in [2.45, 2.75) is 90.8 Å². The number of rotatable bonds is 12. The molecule has 6 atom stereocenters. The first-order chi connectivity index (χ1) is 18.1. The minimum atomic E-state index is -1.71. The third-order valence-electron chi connectivity index (χ3n) is 6.33. The summed E-state index contributed by atoms with van der Waals surface area (Å²) in [7, 11) is -1.71. The van der Waals surface area contributed by atoms with Gasteiger partial charge in [-0.1, -0.05) is 6.92 Å². The molecule has 0 aromatic carbocycles. The van der Waals surface area contributed by atoms with E-state index in [0.717, 1.165) is 0 Å². The van der Waals surface area contributed by atoms with Crippen molar-refractivity contribution in [3.63, 3.8) is 0 Å². The molecule has 0 aliphatic carbocycles. The van der Waals surface area contributed by atoms with Crippen LogP contribution in [0.1, 0.15) is 54.2 Å². The van der Waals surface area contributed by atoms with Crippen LogP contribution >= 0.6 is 8.53 Å². The van der Waals surface area contributed by atoms with Gasteiger partial charge in [-0.25, -0.2) is 20.6 Å². The summed E-state index contributed by atoms with van der Waals surface area (Å²) in [6.07, 6.45) is -1.57. The summed E-state index contributed by atoms with van der Waals surface area (Å²) >= 11 is 0. The van der Waals surface area contributed by atoms with Gasteiger partial charge in [-0.05, 0) is 40.7 Å². The summed E-state index contributed by atoms with van der Waals surface area (Å²) in [6.45, 7) is 25.7. The SMILES string of the molecule is [C-]#[N+]C(C)OP(O[C@@H]1C(OC(=C)N2CCOCC2)[C@H](n2ccc(=O)[nH]c2=O)O[C@@H]1CC)N(C(C)C)C(C)C. The molecule has 2 aliphatic heterocycles. The fraction of sp³-hybridized carbons (Fsp3) is 0.720. The van der Waals surface area contributed by atoms with Gasteiger partial charge in [-0.3, -0.25) is 19.2 Å². The number of nitrogens with zero attached hydrogens (tertiary/aromatic N) is 4. The third kappa shape index (κ3) is 7.23. The molecule has 0 radical (unpaired) electrons. The number of nitrogens with one attached hydrogen (secondary N) is 1. The molecular weight excluding hydrogens is 513 g/mol. The van der Waals surface area contributed by atoms with Gasteiger partial charge in [0.15, 0.2) is 18.2 Å². The second kappa shape index (κ2) is 13.7. The van der Waals surface area contributed by atoms with E-state index < -0.39 is 50.5 Å². The molecule has 2 fully saturated rings. The van der Waals surface area contributed by atoms with Crippen LogP contribution in [0.5, 0.6) is 0 Å². The molecule has 3 unspecified atom stereocenters. The average molecular weight is 554 g/mol. The molecule has 1 aromatic heterocycles. The fourth-order valence-corrected chi connectivity index (χ4v) is 6.34. The molecule has 3 rings (SSSR count). The highest BCUT2D eigenvalue weighted by Crippen LogP contribution is 2.51. The van der Waals surface area contributed by atoms with Crippen molar-refractivity contribution in [1.29, 1.82) is 0 Å². The number of morpholine rings is 1. The summed E-state index contributed by atoms with van der Waals surface area (Å²) < 4.78 is 34.4. The van der Waals surface area contributed by atoms with Crippen LogP contribution < -0.4 is 11.2 Å². The lowest BCUT2D eigenvalue weighted by molar-refractivity contribution is -0.0731. The van der Waals surface area contributed by atoms with Gasteiger partial charge in [-0.15, -0.1) is 0 Å². The van der Waals surface area contributed by atoms with Crippen molar-refractivity contribution in [2.24, 2.45) is 0 Å². The first kappa shape index (κ1) is 30.3. The maximum atomic E-state index is 12.8. The van der Waals surface area contributed by atoms with E-state index in [2.05, 4.69) is 21.1 Å². The van der Waals surface area contributed by atoms with Crippen LogP contribution in [0.15, 0.2) is 34.3 Å². The molecule has 2 aliphatic rings. The summed E-state index contributed by atoms with van der Waals surface area (Å²) in [5.41, 5.74) is -1.12. The fourth-order valence-electron chi connectivity index (χ4n) is 4.55. The lowest BCUT2D eigenvalue weighted by Crippen LogP contribution is -2.44. The Bertz CT molecular complexity index is 1070. The molecule has 2 saturated heterocycles. The zero-order chi connectivity index (χ0) is 28.0. The summed E-state index contributed by atoms with van der Waals surface area (Å²) in [4.78, 5) is 32.3. The molecule has 3 heterocycles. The van der Waals surface area contributed by atoms with Crippen molar-refractivity contribution in [3.05, 3.63) is 57.0 Å². The number of hydrogen-bond acceptors (Lipinski definition) is 9. The van der Waals surface area contributed by atoms with Crippen molar-refractivity contribution < 1.29 is 23.3 Å². The first-order valence-electron chi connectivity index (χ1n) is 13.0. The minimum absolute atomic E-state index is 0.0711. The number of ether oxygens (including phenoxy) is 3. The van der Waals surface area contributed by atoms with Crippen LogP contribution in [0.2, 0.25) is 0 Å². The van der Waals surface area contributed by atoms with Crippen molar-refractivity contribution in [1.82, 2.24) is 19.1 Å². The van der Waals surface area contributed by atoms with E-state index in [-0.39, 0.29) is 12.1 Å². The van der Waals surface area contributed by atoms with E-state index in [1.165, 1.54) is 16.8 Å². The van der Waals surface area contributed by atoms with Crippen LogP contribution in [0.3, 0.4) is 0 Å². The normalized spacial score (nSPS) is 25.5. The second-order valence-electron chi connectivity index (χ2n) is 9.78. The maximum Gasteiger partial charge on any atom is 0.330 e. The van der Waals surface area contributed by atoms with Gasteiger partial charge in [0.1, 0.15) is 6.10 Å². The lowest BCUT2D eigenvalue weighted by atomic mass is 10.1. The van der Waals surface area contributed by atoms with Crippen molar-refractivity contribution in [2.75, 3.05) is 26.3 Å². The Labute approximate surface area is 225 Å². The van der Waals surface area contributed by atoms with Crippen LogP contribution in [0.4, 0.5) is 0 Å². The van der Waals surface area contributed by atoms with E-state index in [1.807, 2.05) is 39.5 Å². The summed E-state index contributed by atoms with van der Waals surface area (Å²) in [5, 5.41) is 0. The number of aromatic nitrogens is 2. The monoisotopic (exact) mass is 553 g/mol. The van der Waals surface area contributed by atoms with E-state index >= 15 is 0 Å². The third-order valence-corrected chi connectivity index (χ3v) is 8.54. The number of H-pyrrole nitrogens is 1. The minimum Gasteiger partial charge on any atom is -0.469 e. The van der Waals surface area contributed by atoms with Crippen LogP contribution in [0.25, 0.3) is 4.85 Å². The van der Waals surface area contributed by atoms with Gasteiger partial charge in [0.25, 0.3) is 14.1 Å². The standard InChI is InChI=1S/C25H40N5O7P/c1-9-20-22(37-38(36-18(6)26-8)30(16(2)3)17(4)5)23(34-19(7)28-12-14-33-15-13-28)24(35-20)29-11-10-21(31)27-25(29)32/h10-11,16-18,20,22-24H,7,9,12-15H2,1-6H3,(H,27,31,32)/t18?,20-,22+,23?,24-,38?/m1/s1. The Balaban J connectivity index is 2.01. The Hall–Kier alpha value is -2.26. The van der Waals surface area contributed by atoms with Gasteiger partial charge in [0, 0.05) is 44.4 Å². The van der Waals surface area contributed by atoms with Gasteiger partial charge >= 0.3 is 11.9 Å².